The monoisotopic (exact) mass is 341 g/mol. The van der Waals surface area contributed by atoms with Crippen LogP contribution in [-0.2, 0) is 15.3 Å². The van der Waals surface area contributed by atoms with Crippen LogP contribution in [0.2, 0.25) is 0 Å². The fraction of sp³-hybridized carbons (Fsp3) is 0.500. The van der Waals surface area contributed by atoms with Crippen molar-refractivity contribution in [1.29, 1.82) is 0 Å². The molecular formula is C16H23NO5S. The maximum absolute atomic E-state index is 11.7. The number of ether oxygens (including phenoxy) is 2. The van der Waals surface area contributed by atoms with Gasteiger partial charge in [-0.1, -0.05) is 18.2 Å². The number of benzene rings is 1. The summed E-state index contributed by atoms with van der Waals surface area (Å²) in [5, 5.41) is 11.6. The van der Waals surface area contributed by atoms with Crippen LogP contribution in [0.1, 0.15) is 26.3 Å². The molecule has 1 amide bonds. The first-order valence-electron chi connectivity index (χ1n) is 7.15. The minimum absolute atomic E-state index is 0.229. The molecule has 0 aliphatic heterocycles. The number of rotatable bonds is 7. The quantitative estimate of drug-likeness (QED) is 0.793. The molecule has 1 aromatic rings. The van der Waals surface area contributed by atoms with Crippen molar-refractivity contribution in [3.8, 4) is 5.75 Å². The highest BCUT2D eigenvalue weighted by molar-refractivity contribution is 7.98. The number of carbonyl (C=O) groups is 2. The van der Waals surface area contributed by atoms with Crippen molar-refractivity contribution < 1.29 is 24.2 Å². The summed E-state index contributed by atoms with van der Waals surface area (Å²) in [4.78, 5) is 22.9. The summed E-state index contributed by atoms with van der Waals surface area (Å²) in [6, 6.07) is 6.53. The predicted octanol–water partition coefficient (Wildman–Crippen LogP) is 2.91. The van der Waals surface area contributed by atoms with Crippen LogP contribution in [0.15, 0.2) is 24.3 Å². The third-order valence-electron chi connectivity index (χ3n) is 2.72. The average Bonchev–Trinajstić information content (AvgIpc) is 2.44. The lowest BCUT2D eigenvalue weighted by Crippen LogP contribution is -2.44. The van der Waals surface area contributed by atoms with Crippen molar-refractivity contribution in [3.05, 3.63) is 29.8 Å². The van der Waals surface area contributed by atoms with E-state index < -0.39 is 23.7 Å². The molecule has 0 unspecified atom stereocenters. The second-order valence-corrected chi connectivity index (χ2v) is 6.89. The van der Waals surface area contributed by atoms with Crippen LogP contribution < -0.4 is 10.1 Å². The van der Waals surface area contributed by atoms with Gasteiger partial charge < -0.3 is 19.9 Å². The average molecular weight is 341 g/mol. The van der Waals surface area contributed by atoms with Crippen molar-refractivity contribution in [2.45, 2.75) is 38.2 Å². The number of hydrogen-bond donors (Lipinski definition) is 2. The summed E-state index contributed by atoms with van der Waals surface area (Å²) < 4.78 is 10.3. The van der Waals surface area contributed by atoms with E-state index in [1.165, 1.54) is 11.8 Å². The van der Waals surface area contributed by atoms with Gasteiger partial charge in [0.05, 0.1) is 7.11 Å². The number of aliphatic carboxylic acids is 1. The molecule has 0 saturated carbocycles. The molecule has 0 aliphatic carbocycles. The Bertz CT molecular complexity index is 542. The Morgan fingerprint density at radius 1 is 1.30 bits per heavy atom. The van der Waals surface area contributed by atoms with E-state index in [4.69, 9.17) is 9.47 Å². The Hall–Kier alpha value is -1.89. The fourth-order valence-electron chi connectivity index (χ4n) is 1.73. The molecule has 0 saturated heterocycles. The van der Waals surface area contributed by atoms with Crippen LogP contribution in [0.3, 0.4) is 0 Å². The smallest absolute Gasteiger partial charge is 0.408 e. The highest BCUT2D eigenvalue weighted by atomic mass is 32.2. The van der Waals surface area contributed by atoms with Gasteiger partial charge in [-0.25, -0.2) is 9.59 Å². The SMILES string of the molecule is COc1ccccc1CSC[C@H](NC(=O)OC(C)(C)C)C(=O)O. The van der Waals surface area contributed by atoms with Crippen LogP contribution in [0.4, 0.5) is 4.79 Å². The van der Waals surface area contributed by atoms with Gasteiger partial charge in [-0.15, -0.1) is 0 Å². The lowest BCUT2D eigenvalue weighted by Gasteiger charge is -2.22. The number of thioether (sulfide) groups is 1. The molecule has 2 N–H and O–H groups in total. The highest BCUT2D eigenvalue weighted by Gasteiger charge is 2.23. The molecule has 0 heterocycles. The highest BCUT2D eigenvalue weighted by Crippen LogP contribution is 2.23. The normalized spacial score (nSPS) is 12.3. The lowest BCUT2D eigenvalue weighted by molar-refractivity contribution is -0.138. The zero-order valence-corrected chi connectivity index (χ0v) is 14.6. The molecule has 0 spiro atoms. The topological polar surface area (TPSA) is 84.9 Å². The van der Waals surface area contributed by atoms with E-state index in [1.807, 2.05) is 24.3 Å². The van der Waals surface area contributed by atoms with E-state index in [2.05, 4.69) is 5.32 Å². The molecule has 0 radical (unpaired) electrons. The Balaban J connectivity index is 2.54. The number of alkyl carbamates (subject to hydrolysis) is 1. The Morgan fingerprint density at radius 3 is 2.52 bits per heavy atom. The van der Waals surface area contributed by atoms with Crippen LogP contribution in [0, 0.1) is 0 Å². The minimum atomic E-state index is -1.09. The predicted molar refractivity (Wildman–Crippen MR) is 89.9 cm³/mol. The van der Waals surface area contributed by atoms with Crippen molar-refractivity contribution >= 4 is 23.8 Å². The molecule has 0 bridgehead atoms. The summed E-state index contributed by atoms with van der Waals surface area (Å²) in [7, 11) is 1.59. The summed E-state index contributed by atoms with van der Waals surface area (Å²) >= 11 is 1.40. The molecule has 128 valence electrons. The van der Waals surface area contributed by atoms with Gasteiger partial charge in [0, 0.05) is 17.1 Å². The van der Waals surface area contributed by atoms with Crippen molar-refractivity contribution in [2.75, 3.05) is 12.9 Å². The Labute approximate surface area is 140 Å². The van der Waals surface area contributed by atoms with Gasteiger partial charge in [0.15, 0.2) is 0 Å². The van der Waals surface area contributed by atoms with Gasteiger partial charge in [-0.2, -0.15) is 11.8 Å². The molecular weight excluding hydrogens is 318 g/mol. The molecule has 0 fully saturated rings. The number of methoxy groups -OCH3 is 1. The fourth-order valence-corrected chi connectivity index (χ4v) is 2.77. The second-order valence-electron chi connectivity index (χ2n) is 5.86. The van der Waals surface area contributed by atoms with Crippen molar-refractivity contribution in [1.82, 2.24) is 5.32 Å². The van der Waals surface area contributed by atoms with Gasteiger partial charge in [-0.3, -0.25) is 0 Å². The Kier molecular flexibility index (Phi) is 7.22. The Morgan fingerprint density at radius 2 is 1.96 bits per heavy atom. The maximum atomic E-state index is 11.7. The number of carbonyl (C=O) groups excluding carboxylic acids is 1. The zero-order chi connectivity index (χ0) is 17.5. The van der Waals surface area contributed by atoms with Gasteiger partial charge in [0.1, 0.15) is 17.4 Å². The van der Waals surface area contributed by atoms with Crippen LogP contribution in [0.5, 0.6) is 5.75 Å². The van der Waals surface area contributed by atoms with Crippen LogP contribution in [0.25, 0.3) is 0 Å². The molecule has 7 heteroatoms. The van der Waals surface area contributed by atoms with E-state index in [1.54, 1.807) is 27.9 Å². The number of nitrogens with one attached hydrogen (secondary N) is 1. The molecule has 1 aromatic carbocycles. The summed E-state index contributed by atoms with van der Waals surface area (Å²) in [6.07, 6.45) is -0.734. The first kappa shape index (κ1) is 19.2. The number of carboxylic acid groups (broad SMARTS) is 1. The first-order chi connectivity index (χ1) is 10.7. The second kappa shape index (κ2) is 8.67. The van der Waals surface area contributed by atoms with Gasteiger partial charge >= 0.3 is 12.1 Å². The van der Waals surface area contributed by atoms with Crippen molar-refractivity contribution in [3.63, 3.8) is 0 Å². The van der Waals surface area contributed by atoms with E-state index in [-0.39, 0.29) is 5.75 Å². The largest absolute Gasteiger partial charge is 0.496 e. The van der Waals surface area contributed by atoms with Crippen LogP contribution >= 0.6 is 11.8 Å². The summed E-state index contributed by atoms with van der Waals surface area (Å²) in [5.41, 5.74) is 0.305. The summed E-state index contributed by atoms with van der Waals surface area (Å²) in [5.74, 6) is 0.478. The van der Waals surface area contributed by atoms with Crippen molar-refractivity contribution in [2.24, 2.45) is 0 Å². The summed E-state index contributed by atoms with van der Waals surface area (Å²) in [6.45, 7) is 5.16. The van der Waals surface area contributed by atoms with E-state index in [9.17, 15) is 14.7 Å². The standard InChI is InChI=1S/C16H23NO5S/c1-16(2,3)22-15(20)17-12(14(18)19)10-23-9-11-7-5-6-8-13(11)21-4/h5-8,12H,9-10H2,1-4H3,(H,17,20)(H,18,19)/t12-/m0/s1. The molecule has 23 heavy (non-hydrogen) atoms. The zero-order valence-electron chi connectivity index (χ0n) is 13.8. The lowest BCUT2D eigenvalue weighted by atomic mass is 10.2. The molecule has 6 nitrogen and oxygen atoms in total. The minimum Gasteiger partial charge on any atom is -0.496 e. The van der Waals surface area contributed by atoms with Gasteiger partial charge in [0.25, 0.3) is 0 Å². The number of carboxylic acids is 1. The molecule has 1 rings (SSSR count). The number of amides is 1. The van der Waals surface area contributed by atoms with Gasteiger partial charge in [-0.05, 0) is 26.8 Å². The number of hydrogen-bond acceptors (Lipinski definition) is 5. The first-order valence-corrected chi connectivity index (χ1v) is 8.30. The molecule has 0 aromatic heterocycles. The third kappa shape index (κ3) is 7.27. The third-order valence-corrected chi connectivity index (χ3v) is 3.81. The number of para-hydroxylation sites is 1. The van der Waals surface area contributed by atoms with E-state index >= 15 is 0 Å². The van der Waals surface area contributed by atoms with Gasteiger partial charge in [0.2, 0.25) is 0 Å². The van der Waals surface area contributed by atoms with Crippen LogP contribution in [-0.4, -0.2) is 41.7 Å². The molecule has 1 atom stereocenters. The maximum Gasteiger partial charge on any atom is 0.408 e. The van der Waals surface area contributed by atoms with E-state index in [0.717, 1.165) is 11.3 Å². The van der Waals surface area contributed by atoms with E-state index in [0.29, 0.717) is 5.75 Å². The molecule has 0 aliphatic rings.